The Bertz CT molecular complexity index is 499. The molecule has 1 fully saturated rings. The van der Waals surface area contributed by atoms with Crippen molar-refractivity contribution in [3.8, 4) is 0 Å². The van der Waals surface area contributed by atoms with Crippen LogP contribution in [0.1, 0.15) is 22.3 Å². The average Bonchev–Trinajstić information content (AvgIpc) is 2.67. The molecule has 18 heavy (non-hydrogen) atoms. The van der Waals surface area contributed by atoms with Crippen LogP contribution in [0.5, 0.6) is 0 Å². The molecule has 1 atom stereocenters. The first-order valence-electron chi connectivity index (χ1n) is 5.78. The van der Waals surface area contributed by atoms with Gasteiger partial charge >= 0.3 is 5.97 Å². The molecule has 0 saturated carbocycles. The van der Waals surface area contributed by atoms with E-state index in [2.05, 4.69) is 0 Å². The number of carbonyl (C=O) groups is 2. The first kappa shape index (κ1) is 12.6. The van der Waals surface area contributed by atoms with Gasteiger partial charge in [0.2, 0.25) is 5.91 Å². The highest BCUT2D eigenvalue weighted by molar-refractivity contribution is 6.04. The fourth-order valence-electron chi connectivity index (χ4n) is 2.24. The summed E-state index contributed by atoms with van der Waals surface area (Å²) in [4.78, 5) is 25.2. The summed E-state index contributed by atoms with van der Waals surface area (Å²) in [5, 5.41) is 0. The first-order valence-corrected chi connectivity index (χ1v) is 5.78. The molecule has 1 aliphatic rings. The quantitative estimate of drug-likeness (QED) is 0.787. The SMILES string of the molecule is COC(=O)c1cccc(C)c1N1CC(N)CC1=O. The lowest BCUT2D eigenvalue weighted by atomic mass is 10.1. The summed E-state index contributed by atoms with van der Waals surface area (Å²) in [6.45, 7) is 2.30. The minimum Gasteiger partial charge on any atom is -0.465 e. The van der Waals surface area contributed by atoms with Crippen molar-refractivity contribution in [3.63, 3.8) is 0 Å². The molecule has 1 saturated heterocycles. The van der Waals surface area contributed by atoms with Crippen molar-refractivity contribution in [1.29, 1.82) is 0 Å². The number of nitrogens with two attached hydrogens (primary N) is 1. The van der Waals surface area contributed by atoms with Crippen molar-refractivity contribution >= 4 is 17.6 Å². The Labute approximate surface area is 106 Å². The number of esters is 1. The van der Waals surface area contributed by atoms with Crippen LogP contribution in [0.2, 0.25) is 0 Å². The second-order valence-electron chi connectivity index (χ2n) is 4.43. The van der Waals surface area contributed by atoms with E-state index in [1.807, 2.05) is 13.0 Å². The van der Waals surface area contributed by atoms with Crippen molar-refractivity contribution in [1.82, 2.24) is 0 Å². The Hall–Kier alpha value is -1.88. The summed E-state index contributed by atoms with van der Waals surface area (Å²) in [5.41, 5.74) is 7.66. The number of amides is 1. The molecule has 0 bridgehead atoms. The van der Waals surface area contributed by atoms with Gasteiger partial charge in [-0.2, -0.15) is 0 Å². The molecular weight excluding hydrogens is 232 g/mol. The van der Waals surface area contributed by atoms with Crippen LogP contribution in [0.3, 0.4) is 0 Å². The number of anilines is 1. The van der Waals surface area contributed by atoms with Gasteiger partial charge in [-0.05, 0) is 18.6 Å². The lowest BCUT2D eigenvalue weighted by Crippen LogP contribution is -2.30. The number of benzene rings is 1. The number of aryl methyl sites for hydroxylation is 1. The summed E-state index contributed by atoms with van der Waals surface area (Å²) >= 11 is 0. The topological polar surface area (TPSA) is 72.6 Å². The normalized spacial score (nSPS) is 19.2. The molecular formula is C13H16N2O3. The van der Waals surface area contributed by atoms with E-state index in [-0.39, 0.29) is 11.9 Å². The van der Waals surface area contributed by atoms with E-state index in [0.29, 0.717) is 24.2 Å². The highest BCUT2D eigenvalue weighted by Gasteiger charge is 2.31. The van der Waals surface area contributed by atoms with E-state index in [1.54, 1.807) is 17.0 Å². The fraction of sp³-hybridized carbons (Fsp3) is 0.385. The molecule has 2 N–H and O–H groups in total. The van der Waals surface area contributed by atoms with Crippen molar-refractivity contribution in [2.24, 2.45) is 5.73 Å². The molecule has 0 spiro atoms. The van der Waals surface area contributed by atoms with E-state index in [1.165, 1.54) is 7.11 Å². The smallest absolute Gasteiger partial charge is 0.339 e. The lowest BCUT2D eigenvalue weighted by molar-refractivity contribution is -0.117. The van der Waals surface area contributed by atoms with Crippen LogP contribution in [0.4, 0.5) is 5.69 Å². The van der Waals surface area contributed by atoms with Gasteiger partial charge in [-0.3, -0.25) is 4.79 Å². The average molecular weight is 248 g/mol. The van der Waals surface area contributed by atoms with Crippen LogP contribution in [-0.2, 0) is 9.53 Å². The van der Waals surface area contributed by atoms with Crippen molar-refractivity contribution < 1.29 is 14.3 Å². The molecule has 0 aromatic heterocycles. The van der Waals surface area contributed by atoms with Gasteiger partial charge in [0.25, 0.3) is 0 Å². The minimum absolute atomic E-state index is 0.0537. The number of methoxy groups -OCH3 is 1. The number of hydrogen-bond acceptors (Lipinski definition) is 4. The minimum atomic E-state index is -0.443. The Morgan fingerprint density at radius 2 is 2.22 bits per heavy atom. The Morgan fingerprint density at radius 3 is 2.78 bits per heavy atom. The molecule has 1 aromatic carbocycles. The molecule has 5 nitrogen and oxygen atoms in total. The molecule has 1 amide bonds. The largest absolute Gasteiger partial charge is 0.465 e. The van der Waals surface area contributed by atoms with Crippen LogP contribution in [0, 0.1) is 6.92 Å². The second kappa shape index (κ2) is 4.78. The number of ether oxygens (including phenoxy) is 1. The third-order valence-electron chi connectivity index (χ3n) is 3.07. The summed E-state index contributed by atoms with van der Waals surface area (Å²) in [7, 11) is 1.33. The third-order valence-corrected chi connectivity index (χ3v) is 3.07. The van der Waals surface area contributed by atoms with Gasteiger partial charge in [-0.15, -0.1) is 0 Å². The Morgan fingerprint density at radius 1 is 1.50 bits per heavy atom. The van der Waals surface area contributed by atoms with Crippen LogP contribution in [0.25, 0.3) is 0 Å². The number of hydrogen-bond donors (Lipinski definition) is 1. The predicted octanol–water partition coefficient (Wildman–Crippen LogP) is 0.846. The second-order valence-corrected chi connectivity index (χ2v) is 4.43. The maximum atomic E-state index is 11.9. The fourth-order valence-corrected chi connectivity index (χ4v) is 2.24. The van der Waals surface area contributed by atoms with E-state index >= 15 is 0 Å². The van der Waals surface area contributed by atoms with Crippen LogP contribution in [0.15, 0.2) is 18.2 Å². The third kappa shape index (κ3) is 2.09. The van der Waals surface area contributed by atoms with E-state index in [9.17, 15) is 9.59 Å². The molecule has 1 aromatic rings. The lowest BCUT2D eigenvalue weighted by Gasteiger charge is -2.21. The van der Waals surface area contributed by atoms with Crippen molar-refractivity contribution in [2.75, 3.05) is 18.6 Å². The van der Waals surface area contributed by atoms with E-state index in [0.717, 1.165) is 5.56 Å². The van der Waals surface area contributed by atoms with Gasteiger partial charge in [0, 0.05) is 19.0 Å². The van der Waals surface area contributed by atoms with Gasteiger partial charge in [0.15, 0.2) is 0 Å². The highest BCUT2D eigenvalue weighted by atomic mass is 16.5. The summed E-state index contributed by atoms with van der Waals surface area (Å²) < 4.78 is 4.75. The molecule has 0 radical (unpaired) electrons. The maximum Gasteiger partial charge on any atom is 0.339 e. The zero-order chi connectivity index (χ0) is 13.3. The van der Waals surface area contributed by atoms with Gasteiger partial charge in [0.1, 0.15) is 0 Å². The molecule has 0 aliphatic carbocycles. The summed E-state index contributed by atoms with van der Waals surface area (Å²) in [6, 6.07) is 5.11. The standard InChI is InChI=1S/C13H16N2O3/c1-8-4-3-5-10(13(17)18-2)12(8)15-7-9(14)6-11(15)16/h3-5,9H,6-7,14H2,1-2H3. The van der Waals surface area contributed by atoms with Gasteiger partial charge in [-0.25, -0.2) is 4.79 Å². The first-order chi connectivity index (χ1) is 8.54. The van der Waals surface area contributed by atoms with Crippen LogP contribution < -0.4 is 10.6 Å². The maximum absolute atomic E-state index is 11.9. The van der Waals surface area contributed by atoms with Gasteiger partial charge in [-0.1, -0.05) is 12.1 Å². The van der Waals surface area contributed by atoms with Crippen LogP contribution in [-0.4, -0.2) is 31.6 Å². The number of para-hydroxylation sites is 1. The Kier molecular flexibility index (Phi) is 3.34. The zero-order valence-electron chi connectivity index (χ0n) is 10.5. The molecule has 2 rings (SSSR count). The molecule has 1 heterocycles. The van der Waals surface area contributed by atoms with E-state index < -0.39 is 5.97 Å². The highest BCUT2D eigenvalue weighted by Crippen LogP contribution is 2.29. The predicted molar refractivity (Wildman–Crippen MR) is 67.5 cm³/mol. The van der Waals surface area contributed by atoms with Gasteiger partial charge < -0.3 is 15.4 Å². The van der Waals surface area contributed by atoms with Crippen molar-refractivity contribution in [2.45, 2.75) is 19.4 Å². The van der Waals surface area contributed by atoms with Crippen molar-refractivity contribution in [3.05, 3.63) is 29.3 Å². The number of nitrogens with zero attached hydrogens (tertiary/aromatic N) is 1. The molecule has 5 heteroatoms. The summed E-state index contributed by atoms with van der Waals surface area (Å²) in [6.07, 6.45) is 0.314. The molecule has 1 unspecified atom stereocenters. The number of rotatable bonds is 2. The number of carbonyl (C=O) groups excluding carboxylic acids is 2. The summed E-state index contributed by atoms with van der Waals surface area (Å²) in [5.74, 6) is -0.496. The van der Waals surface area contributed by atoms with Crippen LogP contribution >= 0.6 is 0 Å². The molecule has 96 valence electrons. The van der Waals surface area contributed by atoms with Gasteiger partial charge in [0.05, 0.1) is 18.4 Å². The Balaban J connectivity index is 2.49. The molecule has 1 aliphatic heterocycles. The monoisotopic (exact) mass is 248 g/mol. The van der Waals surface area contributed by atoms with E-state index in [4.69, 9.17) is 10.5 Å². The zero-order valence-corrected chi connectivity index (χ0v) is 10.5.